The SMILES string of the molecule is COc1ccccc1C(=O)NCc1ccc(-c2nn(C3COC(F)(F)C3)c(N)c2C2OC2N)cc1. The van der Waals surface area contributed by atoms with E-state index in [0.717, 1.165) is 11.1 Å². The topological polar surface area (TPSA) is 130 Å². The number of ether oxygens (including phenoxy) is 3. The first-order chi connectivity index (χ1) is 16.8. The zero-order valence-corrected chi connectivity index (χ0v) is 18.9. The number of anilines is 1. The van der Waals surface area contributed by atoms with E-state index in [0.29, 0.717) is 29.1 Å². The van der Waals surface area contributed by atoms with Gasteiger partial charge in [-0.3, -0.25) is 4.79 Å². The van der Waals surface area contributed by atoms with Crippen LogP contribution in [0.1, 0.15) is 40.1 Å². The van der Waals surface area contributed by atoms with Crippen LogP contribution in [-0.4, -0.2) is 41.7 Å². The Labute approximate surface area is 199 Å². The van der Waals surface area contributed by atoms with Gasteiger partial charge in [0.25, 0.3) is 5.91 Å². The Morgan fingerprint density at radius 2 is 1.97 bits per heavy atom. The van der Waals surface area contributed by atoms with Crippen LogP contribution >= 0.6 is 0 Å². The Balaban J connectivity index is 1.35. The van der Waals surface area contributed by atoms with Crippen molar-refractivity contribution in [2.24, 2.45) is 5.73 Å². The number of nitrogen functional groups attached to an aromatic ring is 1. The first kappa shape index (κ1) is 23.2. The molecule has 1 amide bonds. The molecule has 0 bridgehead atoms. The quantitative estimate of drug-likeness (QED) is 0.439. The highest BCUT2D eigenvalue weighted by atomic mass is 19.3. The number of nitrogens with zero attached hydrogens (tertiary/aromatic N) is 2. The molecule has 1 aromatic heterocycles. The second-order valence-electron chi connectivity index (χ2n) is 8.50. The highest BCUT2D eigenvalue weighted by Crippen LogP contribution is 2.46. The lowest BCUT2D eigenvalue weighted by Crippen LogP contribution is -2.23. The lowest BCUT2D eigenvalue weighted by atomic mass is 10.0. The minimum atomic E-state index is -3.22. The summed E-state index contributed by atoms with van der Waals surface area (Å²) in [5, 5.41) is 7.42. The number of hydrogen-bond donors (Lipinski definition) is 3. The number of rotatable bonds is 7. The van der Waals surface area contributed by atoms with Crippen molar-refractivity contribution in [2.45, 2.75) is 37.4 Å². The van der Waals surface area contributed by atoms with Gasteiger partial charge in [-0.1, -0.05) is 36.4 Å². The molecule has 9 nitrogen and oxygen atoms in total. The average Bonchev–Trinajstić information content (AvgIpc) is 3.30. The summed E-state index contributed by atoms with van der Waals surface area (Å²) in [6.07, 6.45) is -4.72. The van der Waals surface area contributed by atoms with E-state index in [9.17, 15) is 13.6 Å². The van der Waals surface area contributed by atoms with Crippen molar-refractivity contribution >= 4 is 11.7 Å². The van der Waals surface area contributed by atoms with Gasteiger partial charge in [0.1, 0.15) is 29.6 Å². The number of para-hydroxylation sites is 1. The summed E-state index contributed by atoms with van der Waals surface area (Å²) in [4.78, 5) is 12.5. The van der Waals surface area contributed by atoms with Gasteiger partial charge in [0.2, 0.25) is 0 Å². The number of epoxide rings is 1. The summed E-state index contributed by atoms with van der Waals surface area (Å²) in [5.41, 5.74) is 15.3. The molecule has 3 aromatic rings. The van der Waals surface area contributed by atoms with E-state index in [1.807, 2.05) is 24.3 Å². The van der Waals surface area contributed by atoms with Gasteiger partial charge in [-0.15, -0.1) is 0 Å². The van der Waals surface area contributed by atoms with E-state index >= 15 is 0 Å². The number of hydrogen-bond acceptors (Lipinski definition) is 7. The lowest BCUT2D eigenvalue weighted by molar-refractivity contribution is -0.205. The number of halogens is 2. The minimum absolute atomic E-state index is 0.194. The van der Waals surface area contributed by atoms with Crippen LogP contribution in [0.2, 0.25) is 0 Å². The first-order valence-corrected chi connectivity index (χ1v) is 11.1. The molecule has 35 heavy (non-hydrogen) atoms. The number of benzene rings is 2. The van der Waals surface area contributed by atoms with Crippen LogP contribution in [-0.2, 0) is 16.0 Å². The molecule has 3 unspecified atom stereocenters. The van der Waals surface area contributed by atoms with Crippen molar-refractivity contribution in [1.82, 2.24) is 15.1 Å². The molecule has 3 atom stereocenters. The predicted octanol–water partition coefficient (Wildman–Crippen LogP) is 2.98. The molecule has 184 valence electrons. The third-order valence-electron chi connectivity index (χ3n) is 6.13. The molecule has 0 saturated carbocycles. The van der Waals surface area contributed by atoms with Crippen LogP contribution in [0.25, 0.3) is 11.3 Å². The van der Waals surface area contributed by atoms with Gasteiger partial charge in [0.05, 0.1) is 37.3 Å². The highest BCUT2D eigenvalue weighted by Gasteiger charge is 2.46. The molecule has 2 aliphatic heterocycles. The van der Waals surface area contributed by atoms with E-state index in [2.05, 4.69) is 15.2 Å². The average molecular weight is 485 g/mol. The Kier molecular flexibility index (Phi) is 5.91. The molecule has 0 radical (unpaired) electrons. The van der Waals surface area contributed by atoms with Gasteiger partial charge < -0.3 is 31.0 Å². The summed E-state index contributed by atoms with van der Waals surface area (Å²) in [6, 6.07) is 13.6. The molecule has 0 spiro atoms. The summed E-state index contributed by atoms with van der Waals surface area (Å²) in [6.45, 7) is 0.103. The van der Waals surface area contributed by atoms with Gasteiger partial charge >= 0.3 is 6.11 Å². The molecule has 2 saturated heterocycles. The van der Waals surface area contributed by atoms with Crippen molar-refractivity contribution in [3.8, 4) is 17.0 Å². The smallest absolute Gasteiger partial charge is 0.357 e. The second-order valence-corrected chi connectivity index (χ2v) is 8.50. The number of methoxy groups -OCH3 is 1. The molecular weight excluding hydrogens is 460 g/mol. The van der Waals surface area contributed by atoms with Gasteiger partial charge in [-0.2, -0.15) is 13.9 Å². The monoisotopic (exact) mass is 485 g/mol. The third kappa shape index (κ3) is 4.57. The number of carbonyl (C=O) groups excluding carboxylic acids is 1. The molecule has 2 fully saturated rings. The van der Waals surface area contributed by atoms with Gasteiger partial charge in [0.15, 0.2) is 0 Å². The lowest BCUT2D eigenvalue weighted by Gasteiger charge is -2.10. The van der Waals surface area contributed by atoms with Gasteiger partial charge in [0, 0.05) is 12.1 Å². The predicted molar refractivity (Wildman–Crippen MR) is 123 cm³/mol. The number of nitrogens with one attached hydrogen (secondary N) is 1. The number of alkyl halides is 2. The largest absolute Gasteiger partial charge is 0.496 e. The van der Waals surface area contributed by atoms with E-state index in [1.54, 1.807) is 24.3 Å². The van der Waals surface area contributed by atoms with Crippen LogP contribution in [0.15, 0.2) is 48.5 Å². The molecular formula is C24H25F2N5O4. The van der Waals surface area contributed by atoms with Crippen molar-refractivity contribution in [3.63, 3.8) is 0 Å². The van der Waals surface area contributed by atoms with E-state index in [-0.39, 0.29) is 18.3 Å². The number of aromatic nitrogens is 2. The molecule has 5 N–H and O–H groups in total. The highest BCUT2D eigenvalue weighted by molar-refractivity contribution is 5.96. The Morgan fingerprint density at radius 1 is 1.26 bits per heavy atom. The zero-order chi connectivity index (χ0) is 24.7. The van der Waals surface area contributed by atoms with Crippen LogP contribution in [0.4, 0.5) is 14.6 Å². The molecule has 11 heteroatoms. The fourth-order valence-electron chi connectivity index (χ4n) is 4.25. The van der Waals surface area contributed by atoms with Gasteiger partial charge in [-0.25, -0.2) is 4.68 Å². The van der Waals surface area contributed by atoms with Crippen molar-refractivity contribution in [3.05, 3.63) is 65.2 Å². The standard InChI is InChI=1S/C24H25F2N5O4/c1-33-17-5-3-2-4-16(17)23(32)29-11-13-6-8-14(9-7-13)19-18(20-22(28)35-20)21(27)31(30-19)15-10-24(25,26)34-12-15/h2-9,15,20,22H,10-12,27-28H2,1H3,(H,29,32). The minimum Gasteiger partial charge on any atom is -0.496 e. The Morgan fingerprint density at radius 3 is 2.60 bits per heavy atom. The number of nitrogens with two attached hydrogens (primary N) is 2. The number of amides is 1. The summed E-state index contributed by atoms with van der Waals surface area (Å²) in [5.74, 6) is 0.472. The van der Waals surface area contributed by atoms with E-state index < -0.39 is 30.9 Å². The molecule has 2 aliphatic rings. The van der Waals surface area contributed by atoms with Crippen molar-refractivity contribution in [1.29, 1.82) is 0 Å². The maximum absolute atomic E-state index is 13.6. The second kappa shape index (κ2) is 8.91. The summed E-state index contributed by atoms with van der Waals surface area (Å²) < 4.78 is 43.8. The summed E-state index contributed by atoms with van der Waals surface area (Å²) in [7, 11) is 1.51. The molecule has 2 aromatic carbocycles. The van der Waals surface area contributed by atoms with Crippen LogP contribution in [0.3, 0.4) is 0 Å². The molecule has 0 aliphatic carbocycles. The van der Waals surface area contributed by atoms with E-state index in [4.69, 9.17) is 20.9 Å². The third-order valence-corrected chi connectivity index (χ3v) is 6.13. The first-order valence-electron chi connectivity index (χ1n) is 11.1. The maximum atomic E-state index is 13.6. The molecule has 3 heterocycles. The van der Waals surface area contributed by atoms with Gasteiger partial charge in [-0.05, 0) is 17.7 Å². The number of carbonyl (C=O) groups is 1. The van der Waals surface area contributed by atoms with Crippen molar-refractivity contribution in [2.75, 3.05) is 19.5 Å². The summed E-state index contributed by atoms with van der Waals surface area (Å²) >= 11 is 0. The Hall–Kier alpha value is -3.54. The molecule has 5 rings (SSSR count). The fraction of sp³-hybridized carbons (Fsp3) is 0.333. The van der Waals surface area contributed by atoms with Crippen molar-refractivity contribution < 1.29 is 27.8 Å². The van der Waals surface area contributed by atoms with Crippen LogP contribution < -0.4 is 21.5 Å². The normalized spacial score (nSPS) is 22.7. The maximum Gasteiger partial charge on any atom is 0.357 e. The zero-order valence-electron chi connectivity index (χ0n) is 18.9. The van der Waals surface area contributed by atoms with E-state index in [1.165, 1.54) is 11.8 Å². The fourth-order valence-corrected chi connectivity index (χ4v) is 4.25. The van der Waals surface area contributed by atoms with Crippen LogP contribution in [0, 0.1) is 0 Å². The Bertz CT molecular complexity index is 1250. The van der Waals surface area contributed by atoms with Crippen LogP contribution in [0.5, 0.6) is 5.75 Å².